The van der Waals surface area contributed by atoms with Gasteiger partial charge in [0.2, 0.25) is 5.91 Å². The van der Waals surface area contributed by atoms with E-state index in [0.29, 0.717) is 23.9 Å². The summed E-state index contributed by atoms with van der Waals surface area (Å²) < 4.78 is 1.16. The third kappa shape index (κ3) is 3.43. The van der Waals surface area contributed by atoms with Crippen LogP contribution in [0.2, 0.25) is 0 Å². The zero-order valence-electron chi connectivity index (χ0n) is 11.8. The predicted octanol–water partition coefficient (Wildman–Crippen LogP) is 3.56. The molecule has 110 valence electrons. The van der Waals surface area contributed by atoms with Crippen molar-refractivity contribution in [1.29, 1.82) is 0 Å². The second kappa shape index (κ2) is 6.16. The molecule has 1 unspecified atom stereocenters. The summed E-state index contributed by atoms with van der Waals surface area (Å²) in [4.78, 5) is 15.5. The number of thiophene rings is 1. The summed E-state index contributed by atoms with van der Waals surface area (Å²) in [6.45, 7) is 4.07. The predicted molar refractivity (Wildman–Crippen MR) is 85.9 cm³/mol. The van der Waals surface area contributed by atoms with Crippen LogP contribution in [0.4, 0.5) is 0 Å². The van der Waals surface area contributed by atoms with E-state index < -0.39 is 0 Å². The van der Waals surface area contributed by atoms with Crippen LogP contribution in [0.1, 0.15) is 43.5 Å². The van der Waals surface area contributed by atoms with Gasteiger partial charge in [-0.2, -0.15) is 0 Å². The molecular formula is C15H21BrN2OS. The van der Waals surface area contributed by atoms with Gasteiger partial charge >= 0.3 is 0 Å². The molecule has 1 atom stereocenters. The lowest BCUT2D eigenvalue weighted by atomic mass is 10.0. The van der Waals surface area contributed by atoms with Crippen molar-refractivity contribution in [2.75, 3.05) is 13.1 Å². The number of nitrogens with zero attached hydrogens (tertiary/aromatic N) is 1. The number of likely N-dealkylation sites (tertiary alicyclic amines) is 1. The fraction of sp³-hybridized carbons (Fsp3) is 0.667. The van der Waals surface area contributed by atoms with Gasteiger partial charge in [-0.25, -0.2) is 0 Å². The molecule has 2 fully saturated rings. The lowest BCUT2D eigenvalue weighted by Gasteiger charge is -2.34. The van der Waals surface area contributed by atoms with Gasteiger partial charge < -0.3 is 10.2 Å². The highest BCUT2D eigenvalue weighted by Gasteiger charge is 2.35. The van der Waals surface area contributed by atoms with Gasteiger partial charge in [0.05, 0.1) is 0 Å². The topological polar surface area (TPSA) is 32.3 Å². The molecule has 1 aromatic heterocycles. The van der Waals surface area contributed by atoms with Crippen molar-refractivity contribution in [2.24, 2.45) is 5.92 Å². The number of carbonyl (C=O) groups is 1. The number of carbonyl (C=O) groups excluding carboxylic acids is 1. The molecule has 5 heteroatoms. The summed E-state index contributed by atoms with van der Waals surface area (Å²) in [5.41, 5.74) is 0. The van der Waals surface area contributed by atoms with Crippen molar-refractivity contribution in [3.8, 4) is 0 Å². The second-order valence-electron chi connectivity index (χ2n) is 5.93. The molecule has 2 aliphatic rings. The SMILES string of the molecule is CC(NC1CCN(C(=O)C2CC2)CC1)c1cc(Br)cs1. The molecule has 0 bridgehead atoms. The van der Waals surface area contributed by atoms with Crippen molar-refractivity contribution in [1.82, 2.24) is 10.2 Å². The van der Waals surface area contributed by atoms with E-state index in [9.17, 15) is 4.79 Å². The Morgan fingerprint density at radius 2 is 2.10 bits per heavy atom. The van der Waals surface area contributed by atoms with Crippen LogP contribution in [-0.4, -0.2) is 29.9 Å². The first-order chi connectivity index (χ1) is 9.63. The first-order valence-electron chi connectivity index (χ1n) is 7.42. The average molecular weight is 357 g/mol. The minimum absolute atomic E-state index is 0.363. The summed E-state index contributed by atoms with van der Waals surface area (Å²) in [5.74, 6) is 0.764. The Kier molecular flexibility index (Phi) is 4.48. The normalized spacial score (nSPS) is 22.0. The maximum absolute atomic E-state index is 12.0. The fourth-order valence-corrected chi connectivity index (χ4v) is 4.31. The van der Waals surface area contributed by atoms with E-state index in [4.69, 9.17) is 0 Å². The Bertz CT molecular complexity index is 478. The molecule has 0 aromatic carbocycles. The van der Waals surface area contributed by atoms with E-state index in [2.05, 4.69) is 44.5 Å². The van der Waals surface area contributed by atoms with E-state index in [1.54, 1.807) is 11.3 Å². The van der Waals surface area contributed by atoms with Crippen LogP contribution in [0, 0.1) is 5.92 Å². The standard InChI is InChI=1S/C15H21BrN2OS/c1-10(14-8-12(16)9-20-14)17-13-4-6-18(7-5-13)15(19)11-2-3-11/h8-11,13,17H,2-7H2,1H3. The Balaban J connectivity index is 1.47. The van der Waals surface area contributed by atoms with Crippen LogP contribution in [0.5, 0.6) is 0 Å². The minimum Gasteiger partial charge on any atom is -0.342 e. The van der Waals surface area contributed by atoms with E-state index >= 15 is 0 Å². The highest BCUT2D eigenvalue weighted by molar-refractivity contribution is 9.10. The molecule has 1 saturated carbocycles. The van der Waals surface area contributed by atoms with E-state index in [1.165, 1.54) is 4.88 Å². The van der Waals surface area contributed by atoms with Crippen LogP contribution in [0.25, 0.3) is 0 Å². The highest BCUT2D eigenvalue weighted by atomic mass is 79.9. The van der Waals surface area contributed by atoms with Crippen LogP contribution in [0.3, 0.4) is 0 Å². The van der Waals surface area contributed by atoms with Crippen molar-refractivity contribution in [3.05, 3.63) is 20.8 Å². The van der Waals surface area contributed by atoms with Gasteiger partial charge in [0.15, 0.2) is 0 Å². The summed E-state index contributed by atoms with van der Waals surface area (Å²) in [5, 5.41) is 5.83. The van der Waals surface area contributed by atoms with Crippen molar-refractivity contribution < 1.29 is 4.79 Å². The molecule has 2 heterocycles. The van der Waals surface area contributed by atoms with Gasteiger partial charge in [0, 0.05) is 45.8 Å². The molecule has 1 aliphatic carbocycles. The molecule has 0 spiro atoms. The number of piperidine rings is 1. The van der Waals surface area contributed by atoms with Crippen LogP contribution in [0.15, 0.2) is 15.9 Å². The molecule has 20 heavy (non-hydrogen) atoms. The Morgan fingerprint density at radius 3 is 2.65 bits per heavy atom. The van der Waals surface area contributed by atoms with Gasteiger partial charge in [-0.05, 0) is 54.6 Å². The van der Waals surface area contributed by atoms with Gasteiger partial charge in [-0.1, -0.05) is 0 Å². The number of halogens is 1. The van der Waals surface area contributed by atoms with Gasteiger partial charge in [-0.3, -0.25) is 4.79 Å². The third-order valence-corrected chi connectivity index (χ3v) is 6.11. The second-order valence-corrected chi connectivity index (χ2v) is 7.79. The van der Waals surface area contributed by atoms with E-state index in [1.807, 2.05) is 0 Å². The maximum atomic E-state index is 12.0. The van der Waals surface area contributed by atoms with Crippen LogP contribution < -0.4 is 5.32 Å². The largest absolute Gasteiger partial charge is 0.342 e. The molecule has 1 aromatic rings. The van der Waals surface area contributed by atoms with E-state index in [0.717, 1.165) is 43.2 Å². The van der Waals surface area contributed by atoms with Gasteiger partial charge in [-0.15, -0.1) is 11.3 Å². The quantitative estimate of drug-likeness (QED) is 0.894. The third-order valence-electron chi connectivity index (χ3n) is 4.23. The van der Waals surface area contributed by atoms with Crippen molar-refractivity contribution >= 4 is 33.2 Å². The molecule has 1 saturated heterocycles. The fourth-order valence-electron chi connectivity index (χ4n) is 2.85. The van der Waals surface area contributed by atoms with Crippen molar-refractivity contribution in [3.63, 3.8) is 0 Å². The lowest BCUT2D eigenvalue weighted by Crippen LogP contribution is -2.45. The smallest absolute Gasteiger partial charge is 0.225 e. The molecule has 1 amide bonds. The first kappa shape index (κ1) is 14.5. The van der Waals surface area contributed by atoms with E-state index in [-0.39, 0.29) is 0 Å². The van der Waals surface area contributed by atoms with Crippen LogP contribution >= 0.6 is 27.3 Å². The van der Waals surface area contributed by atoms with Crippen molar-refractivity contribution in [2.45, 2.75) is 44.7 Å². The summed E-state index contributed by atoms with van der Waals surface area (Å²) in [6, 6.07) is 3.12. The minimum atomic E-state index is 0.363. The molecule has 0 radical (unpaired) electrons. The number of hydrogen-bond acceptors (Lipinski definition) is 3. The van der Waals surface area contributed by atoms with Gasteiger partial charge in [0.1, 0.15) is 0 Å². The molecule has 3 rings (SSSR count). The Hall–Kier alpha value is -0.390. The summed E-state index contributed by atoms with van der Waals surface area (Å²) in [7, 11) is 0. The number of rotatable bonds is 4. The highest BCUT2D eigenvalue weighted by Crippen LogP contribution is 2.32. The number of nitrogens with one attached hydrogen (secondary N) is 1. The Morgan fingerprint density at radius 1 is 1.40 bits per heavy atom. The summed E-state index contributed by atoms with van der Waals surface area (Å²) in [6.07, 6.45) is 4.38. The van der Waals surface area contributed by atoms with Crippen LogP contribution in [-0.2, 0) is 4.79 Å². The molecule has 1 N–H and O–H groups in total. The van der Waals surface area contributed by atoms with Gasteiger partial charge in [0.25, 0.3) is 0 Å². The molecule has 1 aliphatic heterocycles. The molecule has 3 nitrogen and oxygen atoms in total. The average Bonchev–Trinajstić information content (AvgIpc) is 3.20. The maximum Gasteiger partial charge on any atom is 0.225 e. The molecular weight excluding hydrogens is 336 g/mol. The number of hydrogen-bond donors (Lipinski definition) is 1. The lowest BCUT2D eigenvalue weighted by molar-refractivity contribution is -0.133. The first-order valence-corrected chi connectivity index (χ1v) is 9.09. The zero-order valence-corrected chi connectivity index (χ0v) is 14.2. The monoisotopic (exact) mass is 356 g/mol. The number of amides is 1. The zero-order chi connectivity index (χ0) is 14.1. The summed E-state index contributed by atoms with van der Waals surface area (Å²) >= 11 is 5.30. The Labute approximate surface area is 132 Å².